The van der Waals surface area contributed by atoms with Crippen molar-refractivity contribution in [3.8, 4) is 6.07 Å². The number of rotatable bonds is 1. The lowest BCUT2D eigenvalue weighted by atomic mass is 9.74. The molecule has 1 saturated heterocycles. The highest BCUT2D eigenvalue weighted by atomic mass is 15.1. The number of hydrogen-bond donors (Lipinski definition) is 0. The van der Waals surface area contributed by atoms with Crippen molar-refractivity contribution in [3.63, 3.8) is 0 Å². The van der Waals surface area contributed by atoms with Gasteiger partial charge >= 0.3 is 0 Å². The fourth-order valence-electron chi connectivity index (χ4n) is 3.46. The predicted molar refractivity (Wildman–Crippen MR) is 80.4 cm³/mol. The smallest absolute Gasteiger partial charge is 0.0662 e. The Balaban J connectivity index is 2.33. The number of piperidine rings is 1. The molecule has 0 aromatic heterocycles. The Labute approximate surface area is 117 Å². The van der Waals surface area contributed by atoms with Crippen LogP contribution >= 0.6 is 0 Å². The molecular weight excluding hydrogens is 232 g/mol. The van der Waals surface area contributed by atoms with Gasteiger partial charge in [-0.05, 0) is 43.7 Å². The molecule has 1 unspecified atom stereocenters. The van der Waals surface area contributed by atoms with Crippen LogP contribution in [0.25, 0.3) is 0 Å². The topological polar surface area (TPSA) is 27.0 Å². The van der Waals surface area contributed by atoms with Crippen molar-refractivity contribution >= 4 is 5.69 Å². The first kappa shape index (κ1) is 13.9. The first-order chi connectivity index (χ1) is 8.85. The zero-order chi connectivity index (χ0) is 14.2. The summed E-state index contributed by atoms with van der Waals surface area (Å²) in [7, 11) is 0. The minimum atomic E-state index is 0.0662. The van der Waals surface area contributed by atoms with E-state index in [2.05, 4.69) is 57.7 Å². The van der Waals surface area contributed by atoms with E-state index in [-0.39, 0.29) is 11.3 Å². The predicted octanol–water partition coefficient (Wildman–Crippen LogP) is 3.99. The third-order valence-electron chi connectivity index (χ3n) is 4.34. The second-order valence-electron chi connectivity index (χ2n) is 6.63. The minimum absolute atomic E-state index is 0.0662. The van der Waals surface area contributed by atoms with Crippen LogP contribution < -0.4 is 4.90 Å². The minimum Gasteiger partial charge on any atom is -0.370 e. The highest BCUT2D eigenvalue weighted by Gasteiger charge is 2.36. The summed E-state index contributed by atoms with van der Waals surface area (Å²) in [5.74, 6) is 0.176. The Morgan fingerprint density at radius 3 is 2.26 bits per heavy atom. The Morgan fingerprint density at radius 1 is 1.21 bits per heavy atom. The Hall–Kier alpha value is -1.49. The average molecular weight is 256 g/mol. The van der Waals surface area contributed by atoms with Crippen LogP contribution in [0.1, 0.15) is 37.0 Å². The number of anilines is 1. The van der Waals surface area contributed by atoms with Crippen LogP contribution in [0.4, 0.5) is 5.69 Å². The van der Waals surface area contributed by atoms with Crippen molar-refractivity contribution in [3.05, 3.63) is 28.8 Å². The molecule has 1 atom stereocenters. The highest BCUT2D eigenvalue weighted by Crippen LogP contribution is 2.38. The van der Waals surface area contributed by atoms with E-state index in [1.54, 1.807) is 0 Å². The fourth-order valence-corrected chi connectivity index (χ4v) is 3.46. The van der Waals surface area contributed by atoms with Gasteiger partial charge in [-0.25, -0.2) is 0 Å². The zero-order valence-corrected chi connectivity index (χ0v) is 12.7. The van der Waals surface area contributed by atoms with E-state index in [9.17, 15) is 5.26 Å². The molecule has 0 spiro atoms. The van der Waals surface area contributed by atoms with Crippen molar-refractivity contribution in [2.45, 2.75) is 41.0 Å². The highest BCUT2D eigenvalue weighted by molar-refractivity contribution is 5.60. The van der Waals surface area contributed by atoms with Crippen LogP contribution in [-0.2, 0) is 0 Å². The first-order valence-electron chi connectivity index (χ1n) is 7.07. The van der Waals surface area contributed by atoms with Crippen molar-refractivity contribution in [2.75, 3.05) is 18.0 Å². The lowest BCUT2D eigenvalue weighted by Gasteiger charge is -2.43. The van der Waals surface area contributed by atoms with Crippen LogP contribution in [0.2, 0.25) is 0 Å². The molecule has 1 aromatic carbocycles. The van der Waals surface area contributed by atoms with Gasteiger partial charge in [-0.2, -0.15) is 5.26 Å². The van der Waals surface area contributed by atoms with Gasteiger partial charge in [0.25, 0.3) is 0 Å². The lowest BCUT2D eigenvalue weighted by Crippen LogP contribution is -2.45. The molecule has 1 heterocycles. The van der Waals surface area contributed by atoms with Crippen LogP contribution in [0, 0.1) is 43.4 Å². The Morgan fingerprint density at radius 2 is 1.79 bits per heavy atom. The maximum atomic E-state index is 9.26. The summed E-state index contributed by atoms with van der Waals surface area (Å²) in [6.07, 6.45) is 0.969. The number of benzene rings is 1. The van der Waals surface area contributed by atoms with Crippen LogP contribution in [0.5, 0.6) is 0 Å². The third-order valence-corrected chi connectivity index (χ3v) is 4.34. The molecule has 0 aliphatic carbocycles. The quantitative estimate of drug-likeness (QED) is 0.759. The zero-order valence-electron chi connectivity index (χ0n) is 12.7. The van der Waals surface area contributed by atoms with Gasteiger partial charge in [0.15, 0.2) is 0 Å². The summed E-state index contributed by atoms with van der Waals surface area (Å²) in [6.45, 7) is 12.9. The van der Waals surface area contributed by atoms with Gasteiger partial charge in [-0.1, -0.05) is 31.5 Å². The van der Waals surface area contributed by atoms with E-state index >= 15 is 0 Å². The Bertz CT molecular complexity index is 500. The molecule has 19 heavy (non-hydrogen) atoms. The van der Waals surface area contributed by atoms with Crippen molar-refractivity contribution in [2.24, 2.45) is 11.3 Å². The average Bonchev–Trinajstić information content (AvgIpc) is 2.26. The summed E-state index contributed by atoms with van der Waals surface area (Å²) < 4.78 is 0. The van der Waals surface area contributed by atoms with E-state index in [0.29, 0.717) is 0 Å². The largest absolute Gasteiger partial charge is 0.370 e. The second-order valence-corrected chi connectivity index (χ2v) is 6.63. The molecule has 1 aliphatic rings. The molecule has 1 aliphatic heterocycles. The van der Waals surface area contributed by atoms with Gasteiger partial charge in [0, 0.05) is 18.8 Å². The van der Waals surface area contributed by atoms with Crippen LogP contribution in [-0.4, -0.2) is 13.1 Å². The van der Waals surface area contributed by atoms with Crippen LogP contribution in [0.3, 0.4) is 0 Å². The van der Waals surface area contributed by atoms with Crippen molar-refractivity contribution in [1.29, 1.82) is 5.26 Å². The van der Waals surface area contributed by atoms with Gasteiger partial charge in [0.05, 0.1) is 12.0 Å². The number of aryl methyl sites for hydroxylation is 3. The van der Waals surface area contributed by atoms with Gasteiger partial charge < -0.3 is 4.90 Å². The van der Waals surface area contributed by atoms with Gasteiger partial charge in [0.1, 0.15) is 0 Å². The van der Waals surface area contributed by atoms with E-state index < -0.39 is 0 Å². The molecular formula is C17H24N2. The molecule has 0 bridgehead atoms. The Kier molecular flexibility index (Phi) is 3.58. The molecule has 2 rings (SSSR count). The lowest BCUT2D eigenvalue weighted by molar-refractivity contribution is 0.226. The summed E-state index contributed by atoms with van der Waals surface area (Å²) in [5.41, 5.74) is 5.46. The second kappa shape index (κ2) is 4.89. The van der Waals surface area contributed by atoms with Gasteiger partial charge in [-0.15, -0.1) is 0 Å². The molecule has 1 aromatic rings. The summed E-state index contributed by atoms with van der Waals surface area (Å²) in [5, 5.41) is 9.26. The molecule has 102 valence electrons. The van der Waals surface area contributed by atoms with Gasteiger partial charge in [0.2, 0.25) is 0 Å². The van der Waals surface area contributed by atoms with E-state index in [1.165, 1.54) is 22.4 Å². The number of hydrogen-bond acceptors (Lipinski definition) is 2. The van der Waals surface area contributed by atoms with E-state index in [0.717, 1.165) is 19.5 Å². The van der Waals surface area contributed by atoms with Gasteiger partial charge in [-0.3, -0.25) is 0 Å². The SMILES string of the molecule is Cc1cc(C)c(N2CCC(C#N)C(C)(C)C2)c(C)c1. The molecule has 0 radical (unpaired) electrons. The molecule has 0 N–H and O–H groups in total. The monoisotopic (exact) mass is 256 g/mol. The van der Waals surface area contributed by atoms with Crippen molar-refractivity contribution in [1.82, 2.24) is 0 Å². The van der Waals surface area contributed by atoms with E-state index in [4.69, 9.17) is 0 Å². The molecule has 0 saturated carbocycles. The normalized spacial score (nSPS) is 22.1. The fraction of sp³-hybridized carbons (Fsp3) is 0.588. The maximum absolute atomic E-state index is 9.26. The molecule has 2 heteroatoms. The molecule has 2 nitrogen and oxygen atoms in total. The standard InChI is InChI=1S/C17H24N2/c1-12-8-13(2)16(14(3)9-12)19-7-6-15(10-18)17(4,5)11-19/h8-9,15H,6-7,11H2,1-5H3. The summed E-state index contributed by atoms with van der Waals surface area (Å²) >= 11 is 0. The summed E-state index contributed by atoms with van der Waals surface area (Å²) in [6, 6.07) is 6.99. The molecule has 1 fully saturated rings. The number of nitriles is 1. The van der Waals surface area contributed by atoms with Crippen LogP contribution in [0.15, 0.2) is 12.1 Å². The third kappa shape index (κ3) is 2.61. The summed E-state index contributed by atoms with van der Waals surface area (Å²) in [4.78, 5) is 2.47. The first-order valence-corrected chi connectivity index (χ1v) is 7.07. The molecule has 0 amide bonds. The van der Waals surface area contributed by atoms with Crippen molar-refractivity contribution < 1.29 is 0 Å². The number of nitrogens with zero attached hydrogens (tertiary/aromatic N) is 2. The maximum Gasteiger partial charge on any atom is 0.0662 e. The van der Waals surface area contributed by atoms with E-state index in [1.807, 2.05) is 0 Å².